The van der Waals surface area contributed by atoms with E-state index in [1.54, 1.807) is 24.3 Å². The van der Waals surface area contributed by atoms with Crippen LogP contribution in [0.15, 0.2) is 24.3 Å². The largest absolute Gasteiger partial charge is 0.496 e. The van der Waals surface area contributed by atoms with Crippen LogP contribution in [0.2, 0.25) is 5.02 Å². The van der Waals surface area contributed by atoms with Gasteiger partial charge in [0.05, 0.1) is 26.5 Å². The molecule has 0 fully saturated rings. The Kier molecular flexibility index (Phi) is 5.70. The van der Waals surface area contributed by atoms with Crippen molar-refractivity contribution in [2.24, 2.45) is 0 Å². The molecule has 8 heteroatoms. The number of esters is 1. The number of hydrogen-bond acceptors (Lipinski definition) is 7. The second-order valence-corrected chi connectivity index (χ2v) is 5.06. The van der Waals surface area contributed by atoms with Crippen molar-refractivity contribution in [3.05, 3.63) is 34.9 Å². The number of rotatable bonds is 6. The van der Waals surface area contributed by atoms with Crippen molar-refractivity contribution in [2.75, 3.05) is 31.9 Å². The summed E-state index contributed by atoms with van der Waals surface area (Å²) in [4.78, 5) is 15.9. The van der Waals surface area contributed by atoms with Crippen molar-refractivity contribution in [3.8, 4) is 11.6 Å². The number of nitrogens with one attached hydrogen (secondary N) is 1. The van der Waals surface area contributed by atoms with Gasteiger partial charge in [-0.25, -0.2) is 4.79 Å². The fraction of sp³-hybridized carbons (Fsp3) is 0.250. The fourth-order valence-electron chi connectivity index (χ4n) is 2.02. The van der Waals surface area contributed by atoms with Crippen LogP contribution in [0.4, 0.5) is 17.2 Å². The lowest BCUT2D eigenvalue weighted by Gasteiger charge is -2.13. The molecule has 3 N–H and O–H groups in total. The maximum atomic E-state index is 11.7. The van der Waals surface area contributed by atoms with E-state index >= 15 is 0 Å². The maximum absolute atomic E-state index is 11.7. The number of carbonyl (C=O) groups excluding carboxylic acids is 1. The molecule has 0 saturated heterocycles. The van der Waals surface area contributed by atoms with E-state index in [-0.39, 0.29) is 10.9 Å². The fourth-order valence-corrected chi connectivity index (χ4v) is 2.17. The number of anilines is 3. The summed E-state index contributed by atoms with van der Waals surface area (Å²) < 4.78 is 15.3. The van der Waals surface area contributed by atoms with Gasteiger partial charge in [0.2, 0.25) is 5.88 Å². The number of benzene rings is 1. The number of halogens is 1. The van der Waals surface area contributed by atoms with Crippen molar-refractivity contribution in [3.63, 3.8) is 0 Å². The molecule has 1 aromatic carbocycles. The Labute approximate surface area is 144 Å². The topological polar surface area (TPSA) is 95.7 Å². The van der Waals surface area contributed by atoms with Gasteiger partial charge in [0.1, 0.15) is 22.2 Å². The zero-order chi connectivity index (χ0) is 17.7. The normalized spacial score (nSPS) is 10.2. The number of pyridine rings is 1. The van der Waals surface area contributed by atoms with Crippen molar-refractivity contribution in [1.82, 2.24) is 4.98 Å². The molecule has 0 amide bonds. The van der Waals surface area contributed by atoms with Crippen LogP contribution in [0.5, 0.6) is 11.6 Å². The second kappa shape index (κ2) is 7.74. The van der Waals surface area contributed by atoms with Crippen molar-refractivity contribution >= 4 is 34.8 Å². The average Bonchev–Trinajstić information content (AvgIpc) is 2.58. The monoisotopic (exact) mass is 351 g/mol. The third-order valence-electron chi connectivity index (χ3n) is 3.12. The van der Waals surface area contributed by atoms with Crippen LogP contribution in [0, 0.1) is 0 Å². The Hall–Kier alpha value is -2.67. The third kappa shape index (κ3) is 3.80. The van der Waals surface area contributed by atoms with Gasteiger partial charge in [-0.1, -0.05) is 11.6 Å². The first-order valence-corrected chi connectivity index (χ1v) is 7.50. The second-order valence-electron chi connectivity index (χ2n) is 4.68. The van der Waals surface area contributed by atoms with Gasteiger partial charge in [-0.3, -0.25) is 0 Å². The van der Waals surface area contributed by atoms with Gasteiger partial charge in [0, 0.05) is 17.8 Å². The molecule has 24 heavy (non-hydrogen) atoms. The van der Waals surface area contributed by atoms with E-state index in [1.165, 1.54) is 14.2 Å². The highest BCUT2D eigenvalue weighted by molar-refractivity contribution is 6.34. The first-order valence-electron chi connectivity index (χ1n) is 7.12. The van der Waals surface area contributed by atoms with Crippen molar-refractivity contribution in [1.29, 1.82) is 0 Å². The Morgan fingerprint density at radius 1 is 1.33 bits per heavy atom. The molecule has 7 nitrogen and oxygen atoms in total. The highest BCUT2D eigenvalue weighted by Gasteiger charge is 2.14. The Morgan fingerprint density at radius 3 is 2.71 bits per heavy atom. The van der Waals surface area contributed by atoms with E-state index in [2.05, 4.69) is 10.3 Å². The van der Waals surface area contributed by atoms with Crippen LogP contribution in [-0.2, 0) is 4.74 Å². The highest BCUT2D eigenvalue weighted by atomic mass is 35.5. The Morgan fingerprint density at radius 2 is 2.08 bits per heavy atom. The lowest BCUT2D eigenvalue weighted by atomic mass is 10.2. The van der Waals surface area contributed by atoms with Crippen molar-refractivity contribution in [2.45, 2.75) is 6.92 Å². The molecule has 1 aromatic heterocycles. The number of aromatic nitrogens is 1. The van der Waals surface area contributed by atoms with Gasteiger partial charge in [0.15, 0.2) is 0 Å². The van der Waals surface area contributed by atoms with Gasteiger partial charge in [-0.2, -0.15) is 4.98 Å². The van der Waals surface area contributed by atoms with Crippen LogP contribution in [0.3, 0.4) is 0 Å². The van der Waals surface area contributed by atoms with Crippen LogP contribution in [0.1, 0.15) is 17.3 Å². The summed E-state index contributed by atoms with van der Waals surface area (Å²) in [5.41, 5.74) is 7.18. The molecule has 0 aliphatic rings. The number of nitrogens with two attached hydrogens (primary N) is 1. The molecule has 0 aliphatic heterocycles. The zero-order valence-electron chi connectivity index (χ0n) is 13.6. The molecule has 128 valence electrons. The lowest BCUT2D eigenvalue weighted by molar-refractivity contribution is 0.0597. The minimum Gasteiger partial charge on any atom is -0.496 e. The van der Waals surface area contributed by atoms with E-state index in [0.717, 1.165) is 0 Å². The summed E-state index contributed by atoms with van der Waals surface area (Å²) in [7, 11) is 2.78. The van der Waals surface area contributed by atoms with Crippen LogP contribution in [-0.4, -0.2) is 31.8 Å². The number of hydrogen-bond donors (Lipinski definition) is 2. The molecule has 0 saturated carbocycles. The number of nitrogens with zero attached hydrogens (tertiary/aromatic N) is 1. The number of ether oxygens (including phenoxy) is 3. The lowest BCUT2D eigenvalue weighted by Crippen LogP contribution is -2.05. The van der Waals surface area contributed by atoms with Gasteiger partial charge in [-0.15, -0.1) is 0 Å². The molecule has 0 aliphatic carbocycles. The van der Waals surface area contributed by atoms with Crippen molar-refractivity contribution < 1.29 is 19.0 Å². The maximum Gasteiger partial charge on any atom is 0.341 e. The summed E-state index contributed by atoms with van der Waals surface area (Å²) in [6, 6.07) is 6.53. The smallest absolute Gasteiger partial charge is 0.341 e. The standard InChI is InChI=1S/C16H18ClN3O4/c1-4-24-15-14(17)11(18)8-13(20-15)19-9-5-6-10(16(21)23-3)12(7-9)22-2/h5-8H,4H2,1-3H3,(H3,18,19,20). The summed E-state index contributed by atoms with van der Waals surface area (Å²) >= 11 is 6.05. The Bertz CT molecular complexity index is 752. The average molecular weight is 352 g/mol. The molecule has 2 rings (SSSR count). The number of methoxy groups -OCH3 is 2. The summed E-state index contributed by atoms with van der Waals surface area (Å²) in [6.45, 7) is 2.24. The first-order chi connectivity index (χ1) is 11.5. The minimum atomic E-state index is -0.481. The van der Waals surface area contributed by atoms with E-state index in [9.17, 15) is 4.79 Å². The Balaban J connectivity index is 2.33. The predicted molar refractivity (Wildman–Crippen MR) is 92.4 cm³/mol. The number of nitrogen functional groups attached to an aromatic ring is 1. The van der Waals surface area contributed by atoms with E-state index < -0.39 is 5.97 Å². The number of carbonyl (C=O) groups is 1. The molecule has 1 heterocycles. The molecular formula is C16H18ClN3O4. The van der Waals surface area contributed by atoms with Gasteiger partial charge < -0.3 is 25.3 Å². The zero-order valence-corrected chi connectivity index (χ0v) is 14.3. The van der Waals surface area contributed by atoms with Crippen LogP contribution >= 0.6 is 11.6 Å². The molecule has 0 bridgehead atoms. The van der Waals surface area contributed by atoms with E-state index in [0.29, 0.717) is 35.1 Å². The molecular weight excluding hydrogens is 334 g/mol. The first kappa shape index (κ1) is 17.7. The van der Waals surface area contributed by atoms with Gasteiger partial charge in [0.25, 0.3) is 0 Å². The summed E-state index contributed by atoms with van der Waals surface area (Å²) in [5, 5.41) is 3.33. The van der Waals surface area contributed by atoms with E-state index in [4.69, 9.17) is 31.5 Å². The third-order valence-corrected chi connectivity index (χ3v) is 3.50. The molecule has 0 radical (unpaired) electrons. The van der Waals surface area contributed by atoms with Crippen LogP contribution in [0.25, 0.3) is 0 Å². The highest BCUT2D eigenvalue weighted by Crippen LogP contribution is 2.32. The van der Waals surface area contributed by atoms with Crippen LogP contribution < -0.4 is 20.5 Å². The molecule has 2 aromatic rings. The molecule has 0 unspecified atom stereocenters. The molecule has 0 spiro atoms. The molecule has 0 atom stereocenters. The SMILES string of the molecule is CCOc1nc(Nc2ccc(C(=O)OC)c(OC)c2)cc(N)c1Cl. The quantitative estimate of drug-likeness (QED) is 0.771. The van der Waals surface area contributed by atoms with Gasteiger partial charge >= 0.3 is 5.97 Å². The predicted octanol–water partition coefficient (Wildman–Crippen LogP) is 3.25. The summed E-state index contributed by atoms with van der Waals surface area (Å²) in [5.74, 6) is 0.595. The van der Waals surface area contributed by atoms with E-state index in [1.807, 2.05) is 6.92 Å². The summed E-state index contributed by atoms with van der Waals surface area (Å²) in [6.07, 6.45) is 0. The minimum absolute atomic E-state index is 0.250. The van der Waals surface area contributed by atoms with Gasteiger partial charge in [-0.05, 0) is 19.1 Å².